The van der Waals surface area contributed by atoms with Crippen LogP contribution in [0, 0.1) is 0 Å². The molecule has 0 spiro atoms. The van der Waals surface area contributed by atoms with Crippen molar-refractivity contribution in [3.63, 3.8) is 0 Å². The molecule has 0 bridgehead atoms. The van der Waals surface area contributed by atoms with E-state index in [4.69, 9.17) is 30.9 Å². The molecule has 0 heterocycles. The summed E-state index contributed by atoms with van der Waals surface area (Å²) in [5, 5.41) is 0. The van der Waals surface area contributed by atoms with Gasteiger partial charge < -0.3 is 0 Å². The first-order valence-electron chi connectivity index (χ1n) is 4.80. The van der Waals surface area contributed by atoms with Gasteiger partial charge in [-0.3, -0.25) is 0 Å². The van der Waals surface area contributed by atoms with Gasteiger partial charge in [-0.2, -0.15) is 0 Å². The monoisotopic (exact) mass is 172 g/mol. The van der Waals surface area contributed by atoms with E-state index in [0.717, 1.165) is 12.7 Å². The normalized spacial score (nSPS) is 10.8. The Hall–Kier alpha value is 0.519. The van der Waals surface area contributed by atoms with Crippen molar-refractivity contribution in [1.82, 2.24) is 0 Å². The summed E-state index contributed by atoms with van der Waals surface area (Å²) in [5.74, 6) is 0.495. The third kappa shape index (κ3) is 15.0. The van der Waals surface area contributed by atoms with Crippen molar-refractivity contribution in [1.29, 1.82) is 0 Å². The van der Waals surface area contributed by atoms with E-state index in [0.29, 0.717) is 5.82 Å². The summed E-state index contributed by atoms with van der Waals surface area (Å²) in [7, 11) is 26.9. The highest BCUT2D eigenvalue weighted by molar-refractivity contribution is 7.03. The molecule has 8 heteroatoms. The lowest BCUT2D eigenvalue weighted by atomic mass is 9.30. The van der Waals surface area contributed by atoms with E-state index in [9.17, 15) is 0 Å². The first-order chi connectivity index (χ1) is 6.62. The van der Waals surface area contributed by atoms with Gasteiger partial charge in [-0.25, -0.2) is 0 Å². The van der Waals surface area contributed by atoms with Crippen molar-refractivity contribution < 1.29 is 0 Å². The van der Waals surface area contributed by atoms with Gasteiger partial charge in [0.25, 0.3) is 0 Å². The molecule has 0 nitrogen and oxygen atoms in total. The minimum Gasteiger partial charge on any atom is -0.114 e. The molecule has 0 amide bonds. The third-order valence-corrected chi connectivity index (χ3v) is 1.72. The zero-order chi connectivity index (χ0) is 11.4. The van der Waals surface area contributed by atoms with E-state index in [1.807, 2.05) is 6.92 Å². The molecule has 0 aliphatic rings. The molecule has 0 aromatic heterocycles. The summed E-state index contributed by atoms with van der Waals surface area (Å²) >= 11 is 0. The van der Waals surface area contributed by atoms with Crippen molar-refractivity contribution >= 4 is 59.6 Å². The number of rotatable bonds is 6. The van der Waals surface area contributed by atoms with E-state index in [2.05, 4.69) is 6.92 Å². The molecule has 0 fully saturated rings. The van der Waals surface area contributed by atoms with Crippen LogP contribution in [0.25, 0.3) is 0 Å². The number of hydrogen-bond acceptors (Lipinski definition) is 0. The van der Waals surface area contributed by atoms with Gasteiger partial charge in [0.15, 0.2) is 0 Å². The fourth-order valence-corrected chi connectivity index (χ4v) is 0.519. The van der Waals surface area contributed by atoms with E-state index >= 15 is 0 Å². The first-order valence-corrected chi connectivity index (χ1v) is 4.80. The Balaban J connectivity index is 0. The quantitative estimate of drug-likeness (QED) is 0.472. The van der Waals surface area contributed by atoms with Crippen LogP contribution in [0.3, 0.4) is 0 Å². The number of hydrogen-bond donors (Lipinski definition) is 0. The minimum atomic E-state index is 0.241. The van der Waals surface area contributed by atoms with Gasteiger partial charge in [-0.15, -0.1) is 5.72 Å². The van der Waals surface area contributed by atoms with Gasteiger partial charge in [0, 0.05) is 45.3 Å². The predicted molar refractivity (Wildman–Crippen MR) is 74.3 cm³/mol. The topological polar surface area (TPSA) is 0 Å². The maximum Gasteiger partial charge on any atom is 0.0583 e. The zero-order valence-electron chi connectivity index (χ0n) is 9.19. The molecule has 0 aromatic rings. The Morgan fingerprint density at radius 2 is 1.43 bits per heavy atom. The van der Waals surface area contributed by atoms with E-state index in [-0.39, 0.29) is 5.72 Å². The van der Waals surface area contributed by atoms with Gasteiger partial charge in [0.2, 0.25) is 0 Å². The molecule has 0 aromatic carbocycles. The fourth-order valence-electron chi connectivity index (χ4n) is 0.519. The molecule has 14 heavy (non-hydrogen) atoms. The molecule has 1 unspecified atom stereocenters. The molecule has 0 aliphatic carbocycles. The van der Waals surface area contributed by atoms with E-state index in [1.165, 1.54) is 0 Å². The lowest BCUT2D eigenvalue weighted by Crippen LogP contribution is -2.07. The summed E-state index contributed by atoms with van der Waals surface area (Å²) in [6.07, 6.45) is 2.02. The SMILES string of the molecule is [B][B]C(C)[B][B].[B][B]CCC(C)[B][B]. The standard InChI is InChI=1S/C4H8B4.C2H4B4/c1-4(8-6)2-3-7-5;1-2(5-3)6-4/h4H,2-3H2,1H3;2H,1H3. The van der Waals surface area contributed by atoms with Gasteiger partial charge in [-0.1, -0.05) is 32.4 Å². The molecule has 12 radical (unpaired) electrons. The van der Waals surface area contributed by atoms with Crippen LogP contribution in [0.1, 0.15) is 20.3 Å². The lowest BCUT2D eigenvalue weighted by Gasteiger charge is -2.04. The van der Waals surface area contributed by atoms with Crippen LogP contribution in [0.4, 0.5) is 0 Å². The van der Waals surface area contributed by atoms with Crippen molar-refractivity contribution in [2.24, 2.45) is 0 Å². The predicted octanol–water partition coefficient (Wildman–Crippen LogP) is -0.494. The Morgan fingerprint density at radius 1 is 0.929 bits per heavy atom. The van der Waals surface area contributed by atoms with Crippen molar-refractivity contribution in [2.75, 3.05) is 0 Å². The summed E-state index contributed by atoms with van der Waals surface area (Å²) in [6, 6.07) is 0. The summed E-state index contributed by atoms with van der Waals surface area (Å²) in [4.78, 5) is 0. The zero-order valence-corrected chi connectivity index (χ0v) is 9.19. The molecule has 0 rings (SSSR count). The average Bonchev–Trinajstić information content (AvgIpc) is 2.25. The second kappa shape index (κ2) is 13.5. The van der Waals surface area contributed by atoms with Crippen LogP contribution in [0.2, 0.25) is 17.9 Å². The Labute approximate surface area is 98.1 Å². The summed E-state index contributed by atoms with van der Waals surface area (Å²) < 4.78 is 0. The average molecular weight is 171 g/mol. The fraction of sp³-hybridized carbons (Fsp3) is 1.00. The lowest BCUT2D eigenvalue weighted by molar-refractivity contribution is 0.874. The molecule has 0 saturated heterocycles. The highest BCUT2D eigenvalue weighted by atomic mass is 13.8. The Morgan fingerprint density at radius 3 is 1.64 bits per heavy atom. The molecule has 0 N–H and O–H groups in total. The molecule has 60 valence electrons. The highest BCUT2D eigenvalue weighted by Gasteiger charge is 1.95. The van der Waals surface area contributed by atoms with Crippen molar-refractivity contribution in [3.05, 3.63) is 0 Å². The van der Waals surface area contributed by atoms with Gasteiger partial charge >= 0.3 is 0 Å². The molecule has 0 saturated carbocycles. The van der Waals surface area contributed by atoms with Crippen molar-refractivity contribution in [2.45, 2.75) is 38.1 Å². The van der Waals surface area contributed by atoms with Crippen LogP contribution in [0.5, 0.6) is 0 Å². The highest BCUT2D eigenvalue weighted by Crippen LogP contribution is 2.07. The van der Waals surface area contributed by atoms with E-state index < -0.39 is 0 Å². The summed E-state index contributed by atoms with van der Waals surface area (Å²) in [6.45, 7) is 3.99. The minimum absolute atomic E-state index is 0.241. The van der Waals surface area contributed by atoms with Gasteiger partial charge in [0.1, 0.15) is 0 Å². The van der Waals surface area contributed by atoms with Crippen LogP contribution in [-0.2, 0) is 0 Å². The second-order valence-corrected chi connectivity index (χ2v) is 3.23. The van der Waals surface area contributed by atoms with Gasteiger partial charge in [0.05, 0.1) is 14.3 Å². The second-order valence-electron chi connectivity index (χ2n) is 3.23. The Bertz CT molecular complexity index is 95.8. The van der Waals surface area contributed by atoms with Crippen LogP contribution < -0.4 is 0 Å². The molecule has 0 aliphatic heterocycles. The van der Waals surface area contributed by atoms with Crippen molar-refractivity contribution in [3.8, 4) is 0 Å². The first kappa shape index (κ1) is 16.9. The smallest absolute Gasteiger partial charge is 0.0583 e. The molecular weight excluding hydrogens is 159 g/mol. The van der Waals surface area contributed by atoms with E-state index in [1.54, 1.807) is 28.7 Å². The molecule has 1 atom stereocenters. The van der Waals surface area contributed by atoms with Crippen LogP contribution in [0.15, 0.2) is 0 Å². The van der Waals surface area contributed by atoms with Crippen LogP contribution in [-0.4, -0.2) is 59.6 Å². The van der Waals surface area contributed by atoms with Gasteiger partial charge in [-0.05, 0) is 0 Å². The maximum atomic E-state index is 5.23. The maximum absolute atomic E-state index is 5.23. The Kier molecular flexibility index (Phi) is 16.4. The third-order valence-electron chi connectivity index (χ3n) is 1.72. The van der Waals surface area contributed by atoms with Crippen LogP contribution >= 0.6 is 0 Å². The molecular formula is C6H12B8. The summed E-state index contributed by atoms with van der Waals surface area (Å²) in [5.41, 5.74) is 0.241. The largest absolute Gasteiger partial charge is 0.114 e.